The second-order valence-corrected chi connectivity index (χ2v) is 4.23. The molecule has 0 radical (unpaired) electrons. The molecule has 1 unspecified atom stereocenters. The predicted molar refractivity (Wildman–Crippen MR) is 58.1 cm³/mol. The highest BCUT2D eigenvalue weighted by atomic mass is 79.9. The van der Waals surface area contributed by atoms with Crippen molar-refractivity contribution in [2.75, 3.05) is 0 Å². The quantitative estimate of drug-likeness (QED) is 0.920. The Hall–Kier alpha value is -0.680. The van der Waals surface area contributed by atoms with Crippen LogP contribution >= 0.6 is 15.9 Å². The van der Waals surface area contributed by atoms with Crippen LogP contribution in [-0.4, -0.2) is 12.7 Å². The van der Waals surface area contributed by atoms with E-state index < -0.39 is 6.61 Å². The molecule has 2 N–H and O–H groups in total. The van der Waals surface area contributed by atoms with Crippen molar-refractivity contribution in [3.8, 4) is 5.75 Å². The molecular formula is C10H12BrF2NO. The minimum atomic E-state index is -2.81. The molecule has 84 valence electrons. The normalized spacial score (nSPS) is 12.9. The zero-order chi connectivity index (χ0) is 11.4. The van der Waals surface area contributed by atoms with Gasteiger partial charge in [-0.1, -0.05) is 15.9 Å². The largest absolute Gasteiger partial charge is 0.435 e. The summed E-state index contributed by atoms with van der Waals surface area (Å²) in [5.74, 6) is 0.186. The van der Waals surface area contributed by atoms with Crippen LogP contribution in [0.2, 0.25) is 0 Å². The average molecular weight is 280 g/mol. The van der Waals surface area contributed by atoms with Gasteiger partial charge in [0.25, 0.3) is 0 Å². The lowest BCUT2D eigenvalue weighted by Gasteiger charge is -2.12. The van der Waals surface area contributed by atoms with E-state index >= 15 is 0 Å². The lowest BCUT2D eigenvalue weighted by molar-refractivity contribution is -0.0504. The average Bonchev–Trinajstić information content (AvgIpc) is 2.08. The minimum Gasteiger partial charge on any atom is -0.435 e. The SMILES string of the molecule is CC(N)Cc1cc(Br)ccc1OC(F)F. The Bertz CT molecular complexity index is 331. The molecule has 0 spiro atoms. The van der Waals surface area contributed by atoms with Crippen LogP contribution in [0.5, 0.6) is 5.75 Å². The molecular weight excluding hydrogens is 268 g/mol. The van der Waals surface area contributed by atoms with Crippen molar-refractivity contribution < 1.29 is 13.5 Å². The van der Waals surface area contributed by atoms with Crippen LogP contribution in [0.4, 0.5) is 8.78 Å². The van der Waals surface area contributed by atoms with E-state index in [9.17, 15) is 8.78 Å². The first-order valence-electron chi connectivity index (χ1n) is 4.48. The summed E-state index contributed by atoms with van der Waals surface area (Å²) in [7, 11) is 0. The highest BCUT2D eigenvalue weighted by Crippen LogP contribution is 2.25. The molecule has 0 saturated heterocycles. The van der Waals surface area contributed by atoms with E-state index in [1.165, 1.54) is 6.07 Å². The molecule has 5 heteroatoms. The molecule has 0 aromatic heterocycles. The van der Waals surface area contributed by atoms with Gasteiger partial charge in [-0.05, 0) is 37.1 Å². The monoisotopic (exact) mass is 279 g/mol. The summed E-state index contributed by atoms with van der Waals surface area (Å²) in [6.07, 6.45) is 0.501. The van der Waals surface area contributed by atoms with E-state index in [0.29, 0.717) is 12.0 Å². The van der Waals surface area contributed by atoms with Gasteiger partial charge < -0.3 is 10.5 Å². The Balaban J connectivity index is 2.92. The molecule has 1 aromatic carbocycles. The van der Waals surface area contributed by atoms with Gasteiger partial charge >= 0.3 is 6.61 Å². The van der Waals surface area contributed by atoms with Crippen LogP contribution in [-0.2, 0) is 6.42 Å². The number of rotatable bonds is 4. The van der Waals surface area contributed by atoms with Crippen molar-refractivity contribution in [3.63, 3.8) is 0 Å². The summed E-state index contributed by atoms with van der Waals surface area (Å²) in [6, 6.07) is 4.80. The molecule has 1 atom stereocenters. The third-order valence-electron chi connectivity index (χ3n) is 1.78. The number of nitrogens with two attached hydrogens (primary N) is 1. The summed E-state index contributed by atoms with van der Waals surface area (Å²) in [6.45, 7) is -0.995. The first-order chi connectivity index (χ1) is 6.99. The molecule has 0 heterocycles. The van der Waals surface area contributed by atoms with Crippen molar-refractivity contribution in [2.45, 2.75) is 26.0 Å². The number of ether oxygens (including phenoxy) is 1. The third kappa shape index (κ3) is 4.13. The van der Waals surface area contributed by atoms with Crippen molar-refractivity contribution in [2.24, 2.45) is 5.73 Å². The number of alkyl halides is 2. The Morgan fingerprint density at radius 2 is 2.13 bits per heavy atom. The molecule has 15 heavy (non-hydrogen) atoms. The second kappa shape index (κ2) is 5.42. The van der Waals surface area contributed by atoms with Crippen LogP contribution in [0, 0.1) is 0 Å². The van der Waals surface area contributed by atoms with E-state index in [4.69, 9.17) is 5.73 Å². The molecule has 0 saturated carbocycles. The van der Waals surface area contributed by atoms with Gasteiger partial charge in [0.05, 0.1) is 0 Å². The molecule has 0 aliphatic heterocycles. The topological polar surface area (TPSA) is 35.2 Å². The number of halogens is 3. The van der Waals surface area contributed by atoms with E-state index in [2.05, 4.69) is 20.7 Å². The first-order valence-corrected chi connectivity index (χ1v) is 5.27. The van der Waals surface area contributed by atoms with Gasteiger partial charge in [-0.3, -0.25) is 0 Å². The van der Waals surface area contributed by atoms with E-state index in [1.54, 1.807) is 12.1 Å². The van der Waals surface area contributed by atoms with Gasteiger partial charge in [-0.25, -0.2) is 0 Å². The van der Waals surface area contributed by atoms with Crippen molar-refractivity contribution in [1.82, 2.24) is 0 Å². The minimum absolute atomic E-state index is 0.0978. The Morgan fingerprint density at radius 1 is 1.47 bits per heavy atom. The summed E-state index contributed by atoms with van der Waals surface area (Å²) in [4.78, 5) is 0. The Labute approximate surface area is 95.5 Å². The summed E-state index contributed by atoms with van der Waals surface area (Å²) in [5, 5.41) is 0. The van der Waals surface area contributed by atoms with Crippen molar-refractivity contribution in [3.05, 3.63) is 28.2 Å². The Kier molecular flexibility index (Phi) is 4.47. The van der Waals surface area contributed by atoms with Crippen LogP contribution in [0.25, 0.3) is 0 Å². The highest BCUT2D eigenvalue weighted by molar-refractivity contribution is 9.10. The van der Waals surface area contributed by atoms with Crippen LogP contribution in [0.1, 0.15) is 12.5 Å². The number of benzene rings is 1. The standard InChI is InChI=1S/C10H12BrF2NO/c1-6(14)4-7-5-8(11)2-3-9(7)15-10(12)13/h2-3,5-6,10H,4,14H2,1H3. The van der Waals surface area contributed by atoms with Gasteiger partial charge in [0.15, 0.2) is 0 Å². The second-order valence-electron chi connectivity index (χ2n) is 3.31. The fourth-order valence-electron chi connectivity index (χ4n) is 1.27. The maximum Gasteiger partial charge on any atom is 0.387 e. The van der Waals surface area contributed by atoms with Gasteiger partial charge in [0.2, 0.25) is 0 Å². The zero-order valence-corrected chi connectivity index (χ0v) is 9.80. The molecule has 0 aliphatic rings. The highest BCUT2D eigenvalue weighted by Gasteiger charge is 2.11. The first kappa shape index (κ1) is 12.4. The molecule has 1 aromatic rings. The van der Waals surface area contributed by atoms with Crippen molar-refractivity contribution >= 4 is 15.9 Å². The lowest BCUT2D eigenvalue weighted by Crippen LogP contribution is -2.18. The van der Waals surface area contributed by atoms with E-state index in [0.717, 1.165) is 4.47 Å². The van der Waals surface area contributed by atoms with Gasteiger partial charge in [0, 0.05) is 10.5 Å². The fraction of sp³-hybridized carbons (Fsp3) is 0.400. The summed E-state index contributed by atoms with van der Waals surface area (Å²) >= 11 is 3.27. The summed E-state index contributed by atoms with van der Waals surface area (Å²) < 4.78 is 29.4. The number of hydrogen-bond donors (Lipinski definition) is 1. The summed E-state index contributed by atoms with van der Waals surface area (Å²) in [5.41, 5.74) is 6.30. The van der Waals surface area contributed by atoms with Crippen LogP contribution in [0.15, 0.2) is 22.7 Å². The lowest BCUT2D eigenvalue weighted by atomic mass is 10.1. The molecule has 0 bridgehead atoms. The maximum atomic E-state index is 12.1. The third-order valence-corrected chi connectivity index (χ3v) is 2.27. The van der Waals surface area contributed by atoms with Gasteiger partial charge in [-0.15, -0.1) is 0 Å². The maximum absolute atomic E-state index is 12.1. The van der Waals surface area contributed by atoms with Crippen LogP contribution in [0.3, 0.4) is 0 Å². The fourth-order valence-corrected chi connectivity index (χ4v) is 1.67. The predicted octanol–water partition coefficient (Wildman–Crippen LogP) is 2.94. The van der Waals surface area contributed by atoms with Crippen molar-refractivity contribution in [1.29, 1.82) is 0 Å². The molecule has 0 fully saturated rings. The van der Waals surface area contributed by atoms with E-state index in [1.807, 2.05) is 6.92 Å². The Morgan fingerprint density at radius 3 is 2.67 bits per heavy atom. The molecule has 0 aliphatic carbocycles. The molecule has 0 amide bonds. The van der Waals surface area contributed by atoms with Gasteiger partial charge in [-0.2, -0.15) is 8.78 Å². The van der Waals surface area contributed by atoms with Crippen LogP contribution < -0.4 is 10.5 Å². The molecule has 2 nitrogen and oxygen atoms in total. The smallest absolute Gasteiger partial charge is 0.387 e. The van der Waals surface area contributed by atoms with Gasteiger partial charge in [0.1, 0.15) is 5.75 Å². The molecule has 1 rings (SSSR count). The van der Waals surface area contributed by atoms with E-state index in [-0.39, 0.29) is 11.8 Å². The zero-order valence-electron chi connectivity index (χ0n) is 8.21. The number of hydrogen-bond acceptors (Lipinski definition) is 2.